The Bertz CT molecular complexity index is 1310. The molecule has 4 aromatic rings. The molecule has 170 valence electrons. The van der Waals surface area contributed by atoms with E-state index in [4.69, 9.17) is 4.74 Å². The Hall–Kier alpha value is -3.92. The summed E-state index contributed by atoms with van der Waals surface area (Å²) in [7, 11) is 0. The molecular weight excluding hydrogens is 424 g/mol. The zero-order chi connectivity index (χ0) is 23.2. The summed E-state index contributed by atoms with van der Waals surface area (Å²) in [6, 6.07) is 23.2. The summed E-state index contributed by atoms with van der Waals surface area (Å²) < 4.78 is 5.87. The van der Waals surface area contributed by atoms with Crippen LogP contribution < -0.4 is 15.4 Å². The molecule has 1 aliphatic rings. The predicted octanol–water partition coefficient (Wildman–Crippen LogP) is 5.02. The highest BCUT2D eigenvalue weighted by Gasteiger charge is 2.19. The minimum atomic E-state index is -0.683. The Balaban J connectivity index is 1.33. The highest BCUT2D eigenvalue weighted by Crippen LogP contribution is 2.27. The topological polar surface area (TPSA) is 79.3 Å². The molecular formula is C28H26N4O2. The molecule has 0 radical (unpaired) electrons. The number of aliphatic hydroxyl groups excluding tert-OH is 1. The van der Waals surface area contributed by atoms with Gasteiger partial charge in [0.05, 0.1) is 5.52 Å². The number of piperidine rings is 1. The van der Waals surface area contributed by atoms with Crippen LogP contribution in [-0.4, -0.2) is 33.8 Å². The fourth-order valence-corrected chi connectivity index (χ4v) is 4.01. The monoisotopic (exact) mass is 450 g/mol. The quantitative estimate of drug-likeness (QED) is 0.371. The Kier molecular flexibility index (Phi) is 6.66. The Morgan fingerprint density at radius 1 is 0.971 bits per heavy atom. The molecule has 2 unspecified atom stereocenters. The van der Waals surface area contributed by atoms with Crippen LogP contribution in [0.15, 0.2) is 79.1 Å². The van der Waals surface area contributed by atoms with Crippen LogP contribution >= 0.6 is 0 Å². The molecule has 0 spiro atoms. The van der Waals surface area contributed by atoms with Gasteiger partial charge in [-0.05, 0) is 74.0 Å². The summed E-state index contributed by atoms with van der Waals surface area (Å²) in [5, 5.41) is 18.0. The summed E-state index contributed by atoms with van der Waals surface area (Å²) in [4.78, 5) is 8.82. The van der Waals surface area contributed by atoms with Crippen molar-refractivity contribution in [2.24, 2.45) is 0 Å². The fraction of sp³-hybridized carbons (Fsp3) is 0.214. The third kappa shape index (κ3) is 5.34. The van der Waals surface area contributed by atoms with Crippen LogP contribution in [-0.2, 0) is 0 Å². The summed E-state index contributed by atoms with van der Waals surface area (Å²) in [6.07, 6.45) is 4.08. The van der Waals surface area contributed by atoms with E-state index in [1.165, 1.54) is 0 Å². The first-order chi connectivity index (χ1) is 16.7. The van der Waals surface area contributed by atoms with Crippen LogP contribution in [0.25, 0.3) is 10.9 Å². The highest BCUT2D eigenvalue weighted by atomic mass is 16.5. The van der Waals surface area contributed by atoms with Gasteiger partial charge in [-0.2, -0.15) is 0 Å². The summed E-state index contributed by atoms with van der Waals surface area (Å²) in [5.74, 6) is 8.36. The predicted molar refractivity (Wildman–Crippen MR) is 134 cm³/mol. The smallest absolute Gasteiger partial charge is 0.141 e. The van der Waals surface area contributed by atoms with Crippen molar-refractivity contribution in [3.63, 3.8) is 0 Å². The maximum absolute atomic E-state index is 10.4. The number of rotatable bonds is 5. The van der Waals surface area contributed by atoms with Crippen molar-refractivity contribution in [2.45, 2.75) is 31.4 Å². The average molecular weight is 451 g/mol. The molecule has 2 atom stereocenters. The molecule has 3 N–H and O–H groups in total. The Labute approximate surface area is 199 Å². The first-order valence-electron chi connectivity index (χ1n) is 11.5. The first-order valence-corrected chi connectivity index (χ1v) is 11.5. The fourth-order valence-electron chi connectivity index (χ4n) is 4.01. The van der Waals surface area contributed by atoms with Crippen LogP contribution in [0.5, 0.6) is 11.5 Å². The minimum Gasteiger partial charge on any atom is -0.457 e. The van der Waals surface area contributed by atoms with Gasteiger partial charge in [-0.1, -0.05) is 36.5 Å². The number of benzene rings is 3. The van der Waals surface area contributed by atoms with Gasteiger partial charge in [0, 0.05) is 22.7 Å². The zero-order valence-corrected chi connectivity index (χ0v) is 18.7. The second-order valence-corrected chi connectivity index (χ2v) is 8.29. The molecule has 1 saturated heterocycles. The lowest BCUT2D eigenvalue weighted by Crippen LogP contribution is -2.42. The molecule has 1 fully saturated rings. The zero-order valence-electron chi connectivity index (χ0n) is 18.7. The van der Waals surface area contributed by atoms with Gasteiger partial charge in [-0.3, -0.25) is 0 Å². The lowest BCUT2D eigenvalue weighted by atomic mass is 10.00. The molecule has 5 rings (SSSR count). The number of aromatic nitrogens is 2. The summed E-state index contributed by atoms with van der Waals surface area (Å²) >= 11 is 0. The molecule has 34 heavy (non-hydrogen) atoms. The molecule has 0 saturated carbocycles. The number of aliphatic hydroxyl groups is 1. The van der Waals surface area contributed by atoms with Crippen molar-refractivity contribution < 1.29 is 9.84 Å². The van der Waals surface area contributed by atoms with Crippen molar-refractivity contribution in [3.05, 3.63) is 84.7 Å². The van der Waals surface area contributed by atoms with Crippen molar-refractivity contribution >= 4 is 22.4 Å². The number of nitrogens with one attached hydrogen (secondary N) is 2. The van der Waals surface area contributed by atoms with Crippen LogP contribution in [0.1, 0.15) is 24.8 Å². The van der Waals surface area contributed by atoms with Gasteiger partial charge >= 0.3 is 0 Å². The summed E-state index contributed by atoms with van der Waals surface area (Å²) in [5.41, 5.74) is 2.52. The average Bonchev–Trinajstić information content (AvgIpc) is 2.90. The molecule has 1 aromatic heterocycles. The molecule has 0 bridgehead atoms. The van der Waals surface area contributed by atoms with Crippen LogP contribution in [0.3, 0.4) is 0 Å². The molecule has 3 aromatic carbocycles. The van der Waals surface area contributed by atoms with Crippen LogP contribution in [0.4, 0.5) is 11.5 Å². The molecule has 6 heteroatoms. The van der Waals surface area contributed by atoms with E-state index in [1.54, 1.807) is 6.33 Å². The molecule has 6 nitrogen and oxygen atoms in total. The maximum atomic E-state index is 10.4. The van der Waals surface area contributed by atoms with Crippen molar-refractivity contribution in [3.8, 4) is 23.3 Å². The number of fused-ring (bicyclic) bond motifs is 1. The molecule has 0 aliphatic carbocycles. The van der Waals surface area contributed by atoms with Gasteiger partial charge in [0.15, 0.2) is 0 Å². The van der Waals surface area contributed by atoms with E-state index < -0.39 is 6.10 Å². The van der Waals surface area contributed by atoms with E-state index in [1.807, 2.05) is 72.8 Å². The number of hydrogen-bond donors (Lipinski definition) is 3. The van der Waals surface area contributed by atoms with Gasteiger partial charge in [0.1, 0.15) is 29.7 Å². The summed E-state index contributed by atoms with van der Waals surface area (Å²) in [6.45, 7) is 0.936. The van der Waals surface area contributed by atoms with Gasteiger partial charge in [-0.15, -0.1) is 0 Å². The largest absolute Gasteiger partial charge is 0.457 e. The van der Waals surface area contributed by atoms with Crippen LogP contribution in [0.2, 0.25) is 0 Å². The molecule has 1 aliphatic heterocycles. The van der Waals surface area contributed by atoms with Gasteiger partial charge in [0.2, 0.25) is 0 Å². The Morgan fingerprint density at radius 3 is 2.59 bits per heavy atom. The SMILES string of the molecule is OC(C#Cc1ccc2ncnc(Nc3ccc(Oc4ccccc4)cc3)c2c1)C1CCCCN1. The lowest BCUT2D eigenvalue weighted by Gasteiger charge is -2.24. The van der Waals surface area contributed by atoms with Crippen molar-refractivity contribution in [1.29, 1.82) is 0 Å². The van der Waals surface area contributed by atoms with E-state index in [9.17, 15) is 5.11 Å². The highest BCUT2D eigenvalue weighted by molar-refractivity contribution is 5.91. The second-order valence-electron chi connectivity index (χ2n) is 8.29. The van der Waals surface area contributed by atoms with E-state index in [2.05, 4.69) is 32.4 Å². The number of hydrogen-bond acceptors (Lipinski definition) is 6. The Morgan fingerprint density at radius 2 is 1.79 bits per heavy atom. The number of nitrogens with zero attached hydrogens (tertiary/aromatic N) is 2. The van der Waals surface area contributed by atoms with Gasteiger partial charge in [0.25, 0.3) is 0 Å². The first kappa shape index (κ1) is 21.9. The van der Waals surface area contributed by atoms with Crippen molar-refractivity contribution in [1.82, 2.24) is 15.3 Å². The normalized spacial score (nSPS) is 16.3. The molecule has 0 amide bonds. The van der Waals surface area contributed by atoms with E-state index >= 15 is 0 Å². The van der Waals surface area contributed by atoms with Crippen LogP contribution in [0, 0.1) is 11.8 Å². The number of para-hydroxylation sites is 1. The third-order valence-electron chi connectivity index (χ3n) is 5.83. The lowest BCUT2D eigenvalue weighted by molar-refractivity contribution is 0.162. The minimum absolute atomic E-state index is 0.0381. The van der Waals surface area contributed by atoms with E-state index in [0.717, 1.165) is 59.5 Å². The van der Waals surface area contributed by atoms with E-state index in [0.29, 0.717) is 5.82 Å². The number of ether oxygens (including phenoxy) is 1. The van der Waals surface area contributed by atoms with E-state index in [-0.39, 0.29) is 6.04 Å². The standard InChI is InChI=1S/C28H26N4O2/c33-27(26-8-4-5-17-29-26)16-10-20-9-15-25-24(18-20)28(31-19-30-25)32-21-11-13-23(14-12-21)34-22-6-2-1-3-7-22/h1-3,6-7,9,11-15,18-19,26-27,29,33H,4-5,8,17H2,(H,30,31,32). The maximum Gasteiger partial charge on any atom is 0.141 e. The van der Waals surface area contributed by atoms with Crippen molar-refractivity contribution in [2.75, 3.05) is 11.9 Å². The third-order valence-corrected chi connectivity index (χ3v) is 5.83. The second kappa shape index (κ2) is 10.3. The van der Waals surface area contributed by atoms with Gasteiger partial charge < -0.3 is 20.5 Å². The number of anilines is 2. The van der Waals surface area contributed by atoms with Gasteiger partial charge in [-0.25, -0.2) is 9.97 Å². The molecule has 2 heterocycles.